The fraction of sp³-hybridized carbons (Fsp3) is 0.571. The lowest BCUT2D eigenvalue weighted by Gasteiger charge is -2.11. The number of aryl methyl sites for hydroxylation is 1. The highest BCUT2D eigenvalue weighted by molar-refractivity contribution is 5.38. The first kappa shape index (κ1) is 14.9. The van der Waals surface area contributed by atoms with Crippen molar-refractivity contribution < 1.29 is 9.13 Å². The van der Waals surface area contributed by atoms with Gasteiger partial charge in [0, 0.05) is 5.56 Å². The van der Waals surface area contributed by atoms with Gasteiger partial charge in [-0.1, -0.05) is 27.7 Å². The first-order chi connectivity index (χ1) is 7.69. The minimum Gasteiger partial charge on any atom is -0.493 e. The maximum atomic E-state index is 13.5. The molecule has 0 aliphatic heterocycles. The van der Waals surface area contributed by atoms with Crippen molar-refractivity contribution in [2.24, 2.45) is 0 Å². The van der Waals surface area contributed by atoms with E-state index in [4.69, 9.17) is 4.74 Å². The van der Waals surface area contributed by atoms with Gasteiger partial charge in [0.05, 0.1) is 6.61 Å². The smallest absolute Gasteiger partial charge is 0.130 e. The molecule has 1 aromatic carbocycles. The van der Waals surface area contributed by atoms with Crippen LogP contribution < -0.4 is 4.74 Å². The Bertz CT molecular complexity index is 308. The number of rotatable bonds is 4. The summed E-state index contributed by atoms with van der Waals surface area (Å²) >= 11 is 0. The zero-order valence-corrected chi connectivity index (χ0v) is 11.1. The Kier molecular flexibility index (Phi) is 7.61. The van der Waals surface area contributed by atoms with E-state index in [1.54, 1.807) is 6.07 Å². The Morgan fingerprint density at radius 1 is 1.19 bits per heavy atom. The molecule has 2 heteroatoms. The van der Waals surface area contributed by atoms with Crippen LogP contribution in [0.15, 0.2) is 12.1 Å². The van der Waals surface area contributed by atoms with E-state index in [0.717, 1.165) is 12.0 Å². The Morgan fingerprint density at radius 2 is 1.81 bits per heavy atom. The van der Waals surface area contributed by atoms with Gasteiger partial charge in [-0.2, -0.15) is 0 Å². The maximum absolute atomic E-state index is 13.5. The summed E-state index contributed by atoms with van der Waals surface area (Å²) < 4.78 is 19.0. The highest BCUT2D eigenvalue weighted by Gasteiger charge is 2.08. The molecule has 0 atom stereocenters. The van der Waals surface area contributed by atoms with E-state index in [9.17, 15) is 4.39 Å². The summed E-state index contributed by atoms with van der Waals surface area (Å²) in [5.74, 6) is 0.547. The molecule has 1 nitrogen and oxygen atoms in total. The van der Waals surface area contributed by atoms with Gasteiger partial charge in [0.25, 0.3) is 0 Å². The lowest BCUT2D eigenvalue weighted by molar-refractivity contribution is 0.312. The van der Waals surface area contributed by atoms with Crippen molar-refractivity contribution in [2.45, 2.75) is 47.5 Å². The van der Waals surface area contributed by atoms with Crippen molar-refractivity contribution in [2.75, 3.05) is 6.61 Å². The molecule has 0 unspecified atom stereocenters. The normalized spacial score (nSPS) is 9.38. The van der Waals surface area contributed by atoms with Crippen LogP contribution >= 0.6 is 0 Å². The van der Waals surface area contributed by atoms with E-state index in [1.807, 2.05) is 40.7 Å². The van der Waals surface area contributed by atoms with Crippen molar-refractivity contribution in [3.63, 3.8) is 0 Å². The first-order valence-corrected chi connectivity index (χ1v) is 6.10. The van der Waals surface area contributed by atoms with Crippen molar-refractivity contribution >= 4 is 0 Å². The molecule has 0 amide bonds. The molecule has 16 heavy (non-hydrogen) atoms. The van der Waals surface area contributed by atoms with E-state index in [-0.39, 0.29) is 5.82 Å². The van der Waals surface area contributed by atoms with Crippen molar-refractivity contribution in [1.82, 2.24) is 0 Å². The molecule has 0 aliphatic rings. The molecule has 0 saturated carbocycles. The molecule has 1 aromatic rings. The van der Waals surface area contributed by atoms with Gasteiger partial charge in [0.2, 0.25) is 0 Å². The lowest BCUT2D eigenvalue weighted by Crippen LogP contribution is -2.01. The molecular formula is C14H23FO. The van der Waals surface area contributed by atoms with Gasteiger partial charge < -0.3 is 4.74 Å². The fourth-order valence-corrected chi connectivity index (χ4v) is 1.42. The van der Waals surface area contributed by atoms with Crippen LogP contribution in [0.2, 0.25) is 0 Å². The SMILES string of the molecule is CC.CCCOc1cc(C)cc(F)c1CC. The van der Waals surface area contributed by atoms with E-state index in [2.05, 4.69) is 0 Å². The molecular weight excluding hydrogens is 203 g/mol. The summed E-state index contributed by atoms with van der Waals surface area (Å²) in [5.41, 5.74) is 1.59. The van der Waals surface area contributed by atoms with Crippen LogP contribution in [0.25, 0.3) is 0 Å². The molecule has 0 aromatic heterocycles. The second-order valence-corrected chi connectivity index (χ2v) is 3.43. The third-order valence-electron chi connectivity index (χ3n) is 2.11. The molecule has 0 heterocycles. The molecule has 0 bridgehead atoms. The molecule has 0 spiro atoms. The van der Waals surface area contributed by atoms with E-state index < -0.39 is 0 Å². The van der Waals surface area contributed by atoms with Crippen LogP contribution in [-0.2, 0) is 6.42 Å². The summed E-state index contributed by atoms with van der Waals surface area (Å²) in [6.45, 7) is 10.5. The van der Waals surface area contributed by atoms with Gasteiger partial charge in [0.1, 0.15) is 11.6 Å². The average Bonchev–Trinajstić information content (AvgIpc) is 2.28. The summed E-state index contributed by atoms with van der Waals surface area (Å²) in [4.78, 5) is 0. The van der Waals surface area contributed by atoms with Crippen LogP contribution in [0.1, 0.15) is 45.2 Å². The molecule has 0 aliphatic carbocycles. The zero-order chi connectivity index (χ0) is 12.6. The third-order valence-corrected chi connectivity index (χ3v) is 2.11. The van der Waals surface area contributed by atoms with Gasteiger partial charge in [-0.05, 0) is 37.5 Å². The van der Waals surface area contributed by atoms with Crippen LogP contribution in [0.5, 0.6) is 5.75 Å². The Morgan fingerprint density at radius 3 is 2.31 bits per heavy atom. The van der Waals surface area contributed by atoms with Crippen LogP contribution in [0.3, 0.4) is 0 Å². The predicted octanol–water partition coefficient (Wildman–Crippen LogP) is 4.51. The van der Waals surface area contributed by atoms with Crippen LogP contribution in [0, 0.1) is 12.7 Å². The second kappa shape index (κ2) is 8.14. The summed E-state index contributed by atoms with van der Waals surface area (Å²) in [6.07, 6.45) is 1.61. The lowest BCUT2D eigenvalue weighted by atomic mass is 10.1. The summed E-state index contributed by atoms with van der Waals surface area (Å²) in [5, 5.41) is 0. The van der Waals surface area contributed by atoms with Crippen molar-refractivity contribution in [1.29, 1.82) is 0 Å². The highest BCUT2D eigenvalue weighted by Crippen LogP contribution is 2.24. The Hall–Kier alpha value is -1.05. The van der Waals surface area contributed by atoms with Gasteiger partial charge >= 0.3 is 0 Å². The van der Waals surface area contributed by atoms with Gasteiger partial charge in [-0.15, -0.1) is 0 Å². The molecule has 0 saturated heterocycles. The quantitative estimate of drug-likeness (QED) is 0.734. The molecule has 92 valence electrons. The number of ether oxygens (including phenoxy) is 1. The Labute approximate surface area is 98.6 Å². The van der Waals surface area contributed by atoms with E-state index >= 15 is 0 Å². The molecule has 0 N–H and O–H groups in total. The van der Waals surface area contributed by atoms with E-state index in [0.29, 0.717) is 24.3 Å². The predicted molar refractivity (Wildman–Crippen MR) is 67.6 cm³/mol. The molecule has 1 rings (SSSR count). The second-order valence-electron chi connectivity index (χ2n) is 3.43. The average molecular weight is 226 g/mol. The minimum absolute atomic E-state index is 0.154. The van der Waals surface area contributed by atoms with Crippen molar-refractivity contribution in [3.05, 3.63) is 29.1 Å². The van der Waals surface area contributed by atoms with Crippen LogP contribution in [0.4, 0.5) is 4.39 Å². The topological polar surface area (TPSA) is 9.23 Å². The monoisotopic (exact) mass is 226 g/mol. The van der Waals surface area contributed by atoms with Crippen LogP contribution in [-0.4, -0.2) is 6.61 Å². The third kappa shape index (κ3) is 4.21. The van der Waals surface area contributed by atoms with E-state index in [1.165, 1.54) is 0 Å². The number of benzene rings is 1. The largest absolute Gasteiger partial charge is 0.493 e. The fourth-order valence-electron chi connectivity index (χ4n) is 1.42. The molecule has 0 fully saturated rings. The minimum atomic E-state index is -0.154. The van der Waals surface area contributed by atoms with Gasteiger partial charge in [-0.25, -0.2) is 4.39 Å². The first-order valence-electron chi connectivity index (χ1n) is 6.10. The zero-order valence-electron chi connectivity index (χ0n) is 11.1. The van der Waals surface area contributed by atoms with Gasteiger partial charge in [0.15, 0.2) is 0 Å². The summed E-state index contributed by atoms with van der Waals surface area (Å²) in [7, 11) is 0. The Balaban J connectivity index is 0.00000106. The highest BCUT2D eigenvalue weighted by atomic mass is 19.1. The number of hydrogen-bond acceptors (Lipinski definition) is 1. The summed E-state index contributed by atoms with van der Waals surface area (Å²) in [6, 6.07) is 3.45. The number of halogens is 1. The number of hydrogen-bond donors (Lipinski definition) is 0. The van der Waals surface area contributed by atoms with Gasteiger partial charge in [-0.3, -0.25) is 0 Å². The standard InChI is InChI=1S/C12H17FO.C2H6/c1-4-6-14-12-8-9(3)7-11(13)10(12)5-2;1-2/h7-8H,4-6H2,1-3H3;1-2H3. The van der Waals surface area contributed by atoms with Crippen molar-refractivity contribution in [3.8, 4) is 5.75 Å². The molecule has 0 radical (unpaired) electrons. The maximum Gasteiger partial charge on any atom is 0.130 e.